The lowest BCUT2D eigenvalue weighted by Crippen LogP contribution is -2.30. The molecule has 1 amide bonds. The number of carboxylic acids is 1. The number of aromatic carboxylic acids is 1. The van der Waals surface area contributed by atoms with Gasteiger partial charge in [0.05, 0.1) is 17.9 Å². The number of likely N-dealkylation sites (tertiary alicyclic amines) is 1. The Balaban J connectivity index is 1.82. The molecule has 6 heteroatoms. The van der Waals surface area contributed by atoms with Gasteiger partial charge in [-0.2, -0.15) is 0 Å². The summed E-state index contributed by atoms with van der Waals surface area (Å²) in [4.78, 5) is 28.8. The molecule has 0 bridgehead atoms. The zero-order valence-corrected chi connectivity index (χ0v) is 11.2. The van der Waals surface area contributed by atoms with Gasteiger partial charge < -0.3 is 14.4 Å². The Morgan fingerprint density at radius 1 is 1.33 bits per heavy atom. The first-order valence-corrected chi connectivity index (χ1v) is 6.70. The van der Waals surface area contributed by atoms with Crippen LogP contribution in [0, 0.1) is 0 Å². The second-order valence-electron chi connectivity index (χ2n) is 4.91. The van der Waals surface area contributed by atoms with Crippen molar-refractivity contribution < 1.29 is 19.1 Å². The third kappa shape index (κ3) is 2.52. The van der Waals surface area contributed by atoms with Crippen molar-refractivity contribution in [2.24, 2.45) is 0 Å². The molecule has 108 valence electrons. The van der Waals surface area contributed by atoms with Gasteiger partial charge >= 0.3 is 5.97 Å². The van der Waals surface area contributed by atoms with Crippen LogP contribution in [-0.2, 0) is 0 Å². The van der Waals surface area contributed by atoms with E-state index in [0.29, 0.717) is 12.1 Å². The summed E-state index contributed by atoms with van der Waals surface area (Å²) in [6.45, 7) is 0.658. The van der Waals surface area contributed by atoms with Crippen molar-refractivity contribution in [2.75, 3.05) is 6.54 Å². The molecule has 3 heterocycles. The van der Waals surface area contributed by atoms with Crippen LogP contribution < -0.4 is 0 Å². The topological polar surface area (TPSA) is 83.6 Å². The van der Waals surface area contributed by atoms with Gasteiger partial charge in [-0.25, -0.2) is 9.78 Å². The molecule has 2 aromatic heterocycles. The first-order chi connectivity index (χ1) is 10.2. The SMILES string of the molecule is O=C(O)c1ccc(C(=O)N2CCC[C@@H]2c2ccco2)cn1. The Kier molecular flexibility index (Phi) is 3.43. The first kappa shape index (κ1) is 13.4. The summed E-state index contributed by atoms with van der Waals surface area (Å²) in [7, 11) is 0. The van der Waals surface area contributed by atoms with Crippen LogP contribution in [0.5, 0.6) is 0 Å². The smallest absolute Gasteiger partial charge is 0.354 e. The fourth-order valence-electron chi connectivity index (χ4n) is 2.60. The zero-order chi connectivity index (χ0) is 14.8. The summed E-state index contributed by atoms with van der Waals surface area (Å²) in [5.74, 6) is -0.488. The van der Waals surface area contributed by atoms with Gasteiger partial charge in [0.1, 0.15) is 11.5 Å². The van der Waals surface area contributed by atoms with E-state index in [1.54, 1.807) is 17.2 Å². The minimum atomic E-state index is -1.11. The number of hydrogen-bond acceptors (Lipinski definition) is 4. The summed E-state index contributed by atoms with van der Waals surface area (Å²) in [6.07, 6.45) is 4.68. The number of rotatable bonds is 3. The normalized spacial score (nSPS) is 17.9. The van der Waals surface area contributed by atoms with Crippen molar-refractivity contribution in [3.8, 4) is 0 Å². The Hall–Kier alpha value is -2.63. The number of hydrogen-bond donors (Lipinski definition) is 1. The second kappa shape index (κ2) is 5.40. The molecule has 0 unspecified atom stereocenters. The third-order valence-electron chi connectivity index (χ3n) is 3.61. The molecule has 0 aromatic carbocycles. The van der Waals surface area contributed by atoms with E-state index in [0.717, 1.165) is 18.6 Å². The highest BCUT2D eigenvalue weighted by atomic mass is 16.4. The maximum Gasteiger partial charge on any atom is 0.354 e. The molecule has 1 atom stereocenters. The maximum absolute atomic E-state index is 12.5. The molecule has 0 saturated carbocycles. The highest BCUT2D eigenvalue weighted by Crippen LogP contribution is 2.33. The molecule has 0 aliphatic carbocycles. The van der Waals surface area contributed by atoms with Gasteiger partial charge in [-0.1, -0.05) is 0 Å². The number of amides is 1. The number of furan rings is 1. The van der Waals surface area contributed by atoms with E-state index >= 15 is 0 Å². The highest BCUT2D eigenvalue weighted by Gasteiger charge is 2.32. The van der Waals surface area contributed by atoms with Crippen LogP contribution in [0.4, 0.5) is 0 Å². The number of carboxylic acid groups (broad SMARTS) is 1. The van der Waals surface area contributed by atoms with Gasteiger partial charge in [-0.05, 0) is 37.1 Å². The Bertz CT molecular complexity index is 649. The van der Waals surface area contributed by atoms with Crippen LogP contribution in [0.1, 0.15) is 45.5 Å². The number of aromatic nitrogens is 1. The van der Waals surface area contributed by atoms with E-state index in [1.807, 2.05) is 6.07 Å². The van der Waals surface area contributed by atoms with Crippen molar-refractivity contribution in [1.82, 2.24) is 9.88 Å². The maximum atomic E-state index is 12.5. The predicted molar refractivity (Wildman–Crippen MR) is 72.9 cm³/mol. The molecule has 0 spiro atoms. The van der Waals surface area contributed by atoms with Crippen molar-refractivity contribution >= 4 is 11.9 Å². The van der Waals surface area contributed by atoms with E-state index in [2.05, 4.69) is 4.98 Å². The molecule has 2 aromatic rings. The molecule has 1 saturated heterocycles. The van der Waals surface area contributed by atoms with Gasteiger partial charge in [0.2, 0.25) is 0 Å². The van der Waals surface area contributed by atoms with Crippen LogP contribution in [0.25, 0.3) is 0 Å². The van der Waals surface area contributed by atoms with Crippen molar-refractivity contribution in [1.29, 1.82) is 0 Å². The molecule has 1 aliphatic rings. The van der Waals surface area contributed by atoms with E-state index in [1.165, 1.54) is 18.3 Å². The van der Waals surface area contributed by atoms with E-state index in [9.17, 15) is 9.59 Å². The average Bonchev–Trinajstić information content (AvgIpc) is 3.17. The fraction of sp³-hybridized carbons (Fsp3) is 0.267. The quantitative estimate of drug-likeness (QED) is 0.936. The fourth-order valence-corrected chi connectivity index (χ4v) is 2.60. The number of carbonyl (C=O) groups excluding carboxylic acids is 1. The Morgan fingerprint density at radius 2 is 2.19 bits per heavy atom. The van der Waals surface area contributed by atoms with Crippen molar-refractivity contribution in [2.45, 2.75) is 18.9 Å². The molecule has 21 heavy (non-hydrogen) atoms. The molecule has 6 nitrogen and oxygen atoms in total. The molecule has 1 fully saturated rings. The number of carbonyl (C=O) groups is 2. The minimum Gasteiger partial charge on any atom is -0.477 e. The Labute approximate surface area is 121 Å². The molecule has 1 aliphatic heterocycles. The van der Waals surface area contributed by atoms with Crippen LogP contribution in [-0.4, -0.2) is 33.4 Å². The monoisotopic (exact) mass is 286 g/mol. The van der Waals surface area contributed by atoms with Crippen LogP contribution in [0.15, 0.2) is 41.1 Å². The van der Waals surface area contributed by atoms with Gasteiger partial charge in [0.25, 0.3) is 5.91 Å². The van der Waals surface area contributed by atoms with Crippen LogP contribution >= 0.6 is 0 Å². The van der Waals surface area contributed by atoms with E-state index < -0.39 is 5.97 Å². The van der Waals surface area contributed by atoms with Crippen molar-refractivity contribution in [3.63, 3.8) is 0 Å². The second-order valence-corrected chi connectivity index (χ2v) is 4.91. The minimum absolute atomic E-state index is 0.0633. The predicted octanol–water partition coefficient (Wildman–Crippen LogP) is 2.35. The third-order valence-corrected chi connectivity index (χ3v) is 3.61. The van der Waals surface area contributed by atoms with Gasteiger partial charge in [0, 0.05) is 12.7 Å². The molecule has 3 rings (SSSR count). The van der Waals surface area contributed by atoms with Crippen LogP contribution in [0.2, 0.25) is 0 Å². The van der Waals surface area contributed by atoms with E-state index in [-0.39, 0.29) is 17.6 Å². The van der Waals surface area contributed by atoms with Gasteiger partial charge in [-0.15, -0.1) is 0 Å². The largest absolute Gasteiger partial charge is 0.477 e. The van der Waals surface area contributed by atoms with Crippen LogP contribution in [0.3, 0.4) is 0 Å². The van der Waals surface area contributed by atoms with E-state index in [4.69, 9.17) is 9.52 Å². The molecule has 1 N–H and O–H groups in total. The van der Waals surface area contributed by atoms with Gasteiger partial charge in [-0.3, -0.25) is 4.79 Å². The molecular formula is C15H14N2O4. The highest BCUT2D eigenvalue weighted by molar-refractivity contribution is 5.95. The summed E-state index contributed by atoms with van der Waals surface area (Å²) >= 11 is 0. The number of nitrogens with zero attached hydrogens (tertiary/aromatic N) is 2. The lowest BCUT2D eigenvalue weighted by Gasteiger charge is -2.23. The summed E-state index contributed by atoms with van der Waals surface area (Å²) in [5.41, 5.74) is 0.314. The van der Waals surface area contributed by atoms with Gasteiger partial charge in [0.15, 0.2) is 0 Å². The summed E-state index contributed by atoms with van der Waals surface area (Å²) in [5, 5.41) is 8.82. The summed E-state index contributed by atoms with van der Waals surface area (Å²) < 4.78 is 5.40. The summed E-state index contributed by atoms with van der Waals surface area (Å²) in [6, 6.07) is 6.44. The lowest BCUT2D eigenvalue weighted by atomic mass is 10.1. The zero-order valence-electron chi connectivity index (χ0n) is 11.2. The Morgan fingerprint density at radius 3 is 2.81 bits per heavy atom. The number of pyridine rings is 1. The average molecular weight is 286 g/mol. The molecule has 0 radical (unpaired) electrons. The van der Waals surface area contributed by atoms with Crippen molar-refractivity contribution in [3.05, 3.63) is 53.7 Å². The standard InChI is InChI=1S/C15H14N2O4/c18-14(10-5-6-11(15(19)20)16-9-10)17-7-1-3-12(17)13-4-2-8-21-13/h2,4-6,8-9,12H,1,3,7H2,(H,19,20)/t12-/m1/s1. The lowest BCUT2D eigenvalue weighted by molar-refractivity contribution is 0.0684. The first-order valence-electron chi connectivity index (χ1n) is 6.70. The molecular weight excluding hydrogens is 272 g/mol.